The lowest BCUT2D eigenvalue weighted by Gasteiger charge is -2.32. The van der Waals surface area contributed by atoms with Gasteiger partial charge in [-0.3, -0.25) is 4.79 Å². The first-order chi connectivity index (χ1) is 11.0. The topological polar surface area (TPSA) is 47.6 Å². The molecule has 1 aliphatic heterocycles. The number of hydrogen-bond acceptors (Lipinski definition) is 3. The maximum absolute atomic E-state index is 11.3. The number of carbonyl (C=O) groups excluding carboxylic acids is 1. The third-order valence-corrected chi connectivity index (χ3v) is 4.92. The van der Waals surface area contributed by atoms with Gasteiger partial charge in [-0.05, 0) is 57.3 Å². The number of nitrogens with one attached hydrogen (secondary N) is 1. The van der Waals surface area contributed by atoms with Gasteiger partial charge in [-0.25, -0.2) is 0 Å². The van der Waals surface area contributed by atoms with E-state index in [1.54, 1.807) is 0 Å². The molecule has 0 bridgehead atoms. The Bertz CT molecular complexity index is 654. The van der Waals surface area contributed by atoms with Gasteiger partial charge in [0.05, 0.1) is 11.2 Å². The van der Waals surface area contributed by atoms with Crippen LogP contribution in [0.3, 0.4) is 0 Å². The molecule has 24 heavy (non-hydrogen) atoms. The van der Waals surface area contributed by atoms with Gasteiger partial charge in [0, 0.05) is 18.5 Å². The molecule has 1 fully saturated rings. The summed E-state index contributed by atoms with van der Waals surface area (Å²) in [5.74, 6) is -0.104. The molecule has 1 aliphatic rings. The Balaban J connectivity index is 2.35. The first kappa shape index (κ1) is 19.0. The van der Waals surface area contributed by atoms with Crippen molar-refractivity contribution in [1.82, 2.24) is 5.32 Å². The van der Waals surface area contributed by atoms with Crippen LogP contribution in [0, 0.1) is 6.92 Å². The summed E-state index contributed by atoms with van der Waals surface area (Å²) >= 11 is 6.34. The number of benzene rings is 1. The average Bonchev–Trinajstić information content (AvgIpc) is 2.65. The van der Waals surface area contributed by atoms with Gasteiger partial charge < -0.3 is 14.6 Å². The molecule has 1 aromatic carbocycles. The zero-order valence-corrected chi connectivity index (χ0v) is 16.0. The Morgan fingerprint density at radius 1 is 1.25 bits per heavy atom. The maximum atomic E-state index is 11.3. The number of hydrogen-bond donors (Lipinski definition) is 1. The summed E-state index contributed by atoms with van der Waals surface area (Å²) in [6, 6.07) is 5.86. The molecule has 1 N–H and O–H groups in total. The third kappa shape index (κ3) is 4.21. The van der Waals surface area contributed by atoms with E-state index in [4.69, 9.17) is 20.9 Å². The third-order valence-electron chi connectivity index (χ3n) is 4.59. The van der Waals surface area contributed by atoms with Gasteiger partial charge in [0.15, 0.2) is 0 Å². The summed E-state index contributed by atoms with van der Waals surface area (Å²) in [5, 5.41) is 3.48. The van der Waals surface area contributed by atoms with Gasteiger partial charge in [-0.2, -0.15) is 0 Å². The second kappa shape index (κ2) is 6.91. The fraction of sp³-hybridized carbons (Fsp3) is 0.500. The van der Waals surface area contributed by atoms with Crippen molar-refractivity contribution in [1.29, 1.82) is 0 Å². The summed E-state index contributed by atoms with van der Waals surface area (Å²) in [6.07, 6.45) is 1.93. The molecule has 1 amide bonds. The summed E-state index contributed by atoms with van der Waals surface area (Å²) < 4.78 is 12.2. The van der Waals surface area contributed by atoms with Gasteiger partial charge >= 0.3 is 7.12 Å². The standard InChI is InChI=1S/C18H25BClNO3/c1-12-7-8-14(16(20)9-12)10-15(11-21-13(2)22)19-23-17(3,4)18(5,6)24-19/h7-10H,11H2,1-6H3,(H,21,22). The highest BCUT2D eigenvalue weighted by Gasteiger charge is 2.52. The molecular weight excluding hydrogens is 324 g/mol. The van der Waals surface area contributed by atoms with E-state index >= 15 is 0 Å². The lowest BCUT2D eigenvalue weighted by Crippen LogP contribution is -2.41. The lowest BCUT2D eigenvalue weighted by atomic mass is 9.77. The van der Waals surface area contributed by atoms with Gasteiger partial charge in [0.25, 0.3) is 0 Å². The van der Waals surface area contributed by atoms with E-state index in [0.29, 0.717) is 11.6 Å². The number of amides is 1. The van der Waals surface area contributed by atoms with Crippen molar-refractivity contribution in [2.75, 3.05) is 6.54 Å². The number of aryl methyl sites for hydroxylation is 1. The summed E-state index contributed by atoms with van der Waals surface area (Å²) in [7, 11) is -0.529. The lowest BCUT2D eigenvalue weighted by molar-refractivity contribution is -0.118. The zero-order chi connectivity index (χ0) is 18.1. The SMILES string of the molecule is CC(=O)NCC(=Cc1ccc(C)cc1Cl)B1OC(C)(C)C(C)(C)O1. The van der Waals surface area contributed by atoms with Crippen LogP contribution in [0.1, 0.15) is 45.7 Å². The predicted molar refractivity (Wildman–Crippen MR) is 98.9 cm³/mol. The molecule has 0 aromatic heterocycles. The molecule has 0 atom stereocenters. The fourth-order valence-corrected chi connectivity index (χ4v) is 2.66. The molecule has 1 saturated heterocycles. The van der Waals surface area contributed by atoms with E-state index in [9.17, 15) is 4.79 Å². The largest absolute Gasteiger partial charge is 0.492 e. The number of carbonyl (C=O) groups is 1. The number of rotatable bonds is 4. The second-order valence-electron chi connectivity index (χ2n) is 7.24. The molecule has 0 spiro atoms. The molecule has 0 aliphatic carbocycles. The molecular formula is C18H25BClNO3. The Labute approximate surface area is 149 Å². The van der Waals surface area contributed by atoms with E-state index in [1.807, 2.05) is 58.9 Å². The monoisotopic (exact) mass is 349 g/mol. The van der Waals surface area contributed by atoms with Crippen LogP contribution in [0.25, 0.3) is 6.08 Å². The van der Waals surface area contributed by atoms with Crippen LogP contribution in [-0.4, -0.2) is 30.8 Å². The molecule has 0 unspecified atom stereocenters. The molecule has 0 radical (unpaired) electrons. The van der Waals surface area contributed by atoms with Crippen molar-refractivity contribution in [3.05, 3.63) is 39.8 Å². The quantitative estimate of drug-likeness (QED) is 0.841. The van der Waals surface area contributed by atoms with Crippen molar-refractivity contribution in [3.63, 3.8) is 0 Å². The zero-order valence-electron chi connectivity index (χ0n) is 15.2. The first-order valence-electron chi connectivity index (χ1n) is 8.08. The van der Waals surface area contributed by atoms with Crippen LogP contribution in [0.15, 0.2) is 23.7 Å². The van der Waals surface area contributed by atoms with Crippen LogP contribution in [0.4, 0.5) is 0 Å². The van der Waals surface area contributed by atoms with E-state index in [1.165, 1.54) is 6.92 Å². The molecule has 1 heterocycles. The fourth-order valence-electron chi connectivity index (χ4n) is 2.37. The predicted octanol–water partition coefficient (Wildman–Crippen LogP) is 3.80. The molecule has 2 rings (SSSR count). The highest BCUT2D eigenvalue weighted by atomic mass is 35.5. The van der Waals surface area contributed by atoms with Crippen LogP contribution in [0.2, 0.25) is 5.02 Å². The van der Waals surface area contributed by atoms with Crippen molar-refractivity contribution in [2.45, 2.75) is 52.7 Å². The smallest absolute Gasteiger partial charge is 0.400 e. The first-order valence-corrected chi connectivity index (χ1v) is 8.46. The Kier molecular flexibility index (Phi) is 5.48. The van der Waals surface area contributed by atoms with Gasteiger partial charge in [-0.1, -0.05) is 29.8 Å². The van der Waals surface area contributed by atoms with Crippen LogP contribution in [0.5, 0.6) is 0 Å². The molecule has 1 aromatic rings. The van der Waals surface area contributed by atoms with Gasteiger partial charge in [-0.15, -0.1) is 0 Å². The Hall–Kier alpha value is -1.30. The summed E-state index contributed by atoms with van der Waals surface area (Å²) in [6.45, 7) is 11.8. The van der Waals surface area contributed by atoms with Gasteiger partial charge in [0.2, 0.25) is 5.91 Å². The molecule has 6 heteroatoms. The highest BCUT2D eigenvalue weighted by Crippen LogP contribution is 2.39. The van der Waals surface area contributed by atoms with E-state index in [0.717, 1.165) is 16.6 Å². The molecule has 130 valence electrons. The molecule has 0 saturated carbocycles. The van der Waals surface area contributed by atoms with Crippen LogP contribution < -0.4 is 5.32 Å². The minimum absolute atomic E-state index is 0.104. The minimum atomic E-state index is -0.529. The maximum Gasteiger partial charge on any atom is 0.492 e. The van der Waals surface area contributed by atoms with Crippen molar-refractivity contribution < 1.29 is 14.1 Å². The van der Waals surface area contributed by atoms with E-state index in [-0.39, 0.29) is 5.91 Å². The van der Waals surface area contributed by atoms with Crippen LogP contribution in [-0.2, 0) is 14.1 Å². The number of halogens is 1. The van der Waals surface area contributed by atoms with Crippen molar-refractivity contribution >= 4 is 30.7 Å². The summed E-state index contributed by atoms with van der Waals surface area (Å²) in [5.41, 5.74) is 1.91. The van der Waals surface area contributed by atoms with Gasteiger partial charge in [0.1, 0.15) is 0 Å². The minimum Gasteiger partial charge on any atom is -0.400 e. The Morgan fingerprint density at radius 2 is 1.83 bits per heavy atom. The molecule has 4 nitrogen and oxygen atoms in total. The van der Waals surface area contributed by atoms with Crippen molar-refractivity contribution in [2.24, 2.45) is 0 Å². The van der Waals surface area contributed by atoms with Crippen LogP contribution >= 0.6 is 11.6 Å². The van der Waals surface area contributed by atoms with E-state index in [2.05, 4.69) is 5.32 Å². The Morgan fingerprint density at radius 3 is 2.33 bits per heavy atom. The van der Waals surface area contributed by atoms with Crippen molar-refractivity contribution in [3.8, 4) is 0 Å². The normalized spacial score (nSPS) is 19.5. The average molecular weight is 350 g/mol. The highest BCUT2D eigenvalue weighted by molar-refractivity contribution is 6.56. The van der Waals surface area contributed by atoms with E-state index < -0.39 is 18.3 Å². The summed E-state index contributed by atoms with van der Waals surface area (Å²) in [4.78, 5) is 11.3. The second-order valence-corrected chi connectivity index (χ2v) is 7.65.